The van der Waals surface area contributed by atoms with Gasteiger partial charge in [0.15, 0.2) is 0 Å². The third kappa shape index (κ3) is 5.42. The Morgan fingerprint density at radius 2 is 0.875 bits per heavy atom. The summed E-state index contributed by atoms with van der Waals surface area (Å²) in [6.45, 7) is 0. The first-order valence-electron chi connectivity index (χ1n) is 19.2. The Morgan fingerprint density at radius 1 is 0.304 bits per heavy atom. The topological polar surface area (TPSA) is 16.4 Å². The van der Waals surface area contributed by atoms with Gasteiger partial charge in [0.2, 0.25) is 0 Å². The van der Waals surface area contributed by atoms with E-state index in [1.807, 2.05) is 6.07 Å². The number of para-hydroxylation sites is 2. The van der Waals surface area contributed by atoms with Gasteiger partial charge in [-0.2, -0.15) is 0 Å². The molecule has 0 amide bonds. The first-order valence-corrected chi connectivity index (χ1v) is 19.2. The maximum absolute atomic E-state index is 6.51. The molecular formula is C54H35NO. The zero-order chi connectivity index (χ0) is 37.0. The smallest absolute Gasteiger partial charge is 0.143 e. The minimum Gasteiger partial charge on any atom is -0.455 e. The van der Waals surface area contributed by atoms with Gasteiger partial charge in [0.05, 0.1) is 5.69 Å². The Hall–Kier alpha value is -7.42. The fourth-order valence-corrected chi connectivity index (χ4v) is 8.45. The van der Waals surface area contributed by atoms with E-state index in [-0.39, 0.29) is 0 Å². The zero-order valence-electron chi connectivity index (χ0n) is 30.6. The van der Waals surface area contributed by atoms with Crippen LogP contribution in [0.1, 0.15) is 0 Å². The van der Waals surface area contributed by atoms with Crippen LogP contribution in [0.25, 0.3) is 87.6 Å². The monoisotopic (exact) mass is 713 g/mol. The van der Waals surface area contributed by atoms with E-state index in [1.54, 1.807) is 0 Å². The van der Waals surface area contributed by atoms with Crippen molar-refractivity contribution in [1.29, 1.82) is 0 Å². The van der Waals surface area contributed by atoms with Gasteiger partial charge in [-0.15, -0.1) is 0 Å². The van der Waals surface area contributed by atoms with Crippen LogP contribution in [0.2, 0.25) is 0 Å². The molecule has 11 rings (SSSR count). The fourth-order valence-electron chi connectivity index (χ4n) is 8.45. The third-order valence-electron chi connectivity index (χ3n) is 11.3. The number of anilines is 3. The summed E-state index contributed by atoms with van der Waals surface area (Å²) in [4.78, 5) is 2.39. The molecular weight excluding hydrogens is 679 g/mol. The average molecular weight is 714 g/mol. The summed E-state index contributed by atoms with van der Waals surface area (Å²) in [5.41, 5.74) is 12.2. The van der Waals surface area contributed by atoms with Crippen LogP contribution in [0.5, 0.6) is 0 Å². The summed E-state index contributed by atoms with van der Waals surface area (Å²) < 4.78 is 6.51. The van der Waals surface area contributed by atoms with Crippen molar-refractivity contribution >= 4 is 71.3 Å². The maximum Gasteiger partial charge on any atom is 0.143 e. The molecule has 11 aromatic rings. The largest absolute Gasteiger partial charge is 0.455 e. The Morgan fingerprint density at radius 3 is 1.71 bits per heavy atom. The highest BCUT2D eigenvalue weighted by molar-refractivity contribution is 6.15. The molecule has 262 valence electrons. The fraction of sp³-hybridized carbons (Fsp3) is 0. The maximum atomic E-state index is 6.51. The van der Waals surface area contributed by atoms with Gasteiger partial charge in [-0.1, -0.05) is 158 Å². The minimum absolute atomic E-state index is 0.908. The molecule has 0 unspecified atom stereocenters. The van der Waals surface area contributed by atoms with Crippen LogP contribution in [0, 0.1) is 0 Å². The minimum atomic E-state index is 0.908. The molecule has 2 nitrogen and oxygen atoms in total. The van der Waals surface area contributed by atoms with Gasteiger partial charge in [0.25, 0.3) is 0 Å². The first-order chi connectivity index (χ1) is 27.7. The standard InChI is InChI=1S/C54H35NO/c1-2-12-41-34-42(22-20-36(41)10-1)37-24-29-44(30-25-37)55(45-31-26-39(27-32-45)47-17-9-13-38-11-3-4-14-46(38)47)52-18-7-5-15-48(52)43-23-21-40-28-33-50-49-16-6-8-19-53(49)56-54(50)51(40)35-43/h1-35H. The van der Waals surface area contributed by atoms with Crippen LogP contribution in [0.3, 0.4) is 0 Å². The van der Waals surface area contributed by atoms with E-state index in [0.29, 0.717) is 0 Å². The van der Waals surface area contributed by atoms with Crippen molar-refractivity contribution in [2.45, 2.75) is 0 Å². The van der Waals surface area contributed by atoms with E-state index in [1.165, 1.54) is 43.8 Å². The Bertz CT molecular complexity index is 3240. The number of furan rings is 1. The van der Waals surface area contributed by atoms with Crippen LogP contribution in [0.4, 0.5) is 17.1 Å². The predicted molar refractivity (Wildman–Crippen MR) is 237 cm³/mol. The molecule has 0 atom stereocenters. The Labute approximate surface area is 325 Å². The predicted octanol–water partition coefficient (Wildman–Crippen LogP) is 15.5. The van der Waals surface area contributed by atoms with Crippen molar-refractivity contribution in [3.63, 3.8) is 0 Å². The lowest BCUT2D eigenvalue weighted by Crippen LogP contribution is -2.11. The molecule has 0 N–H and O–H groups in total. The van der Waals surface area contributed by atoms with Gasteiger partial charge in [0, 0.05) is 33.1 Å². The molecule has 0 fully saturated rings. The Kier molecular flexibility index (Phi) is 7.53. The second-order valence-corrected chi connectivity index (χ2v) is 14.5. The molecule has 0 aliphatic carbocycles. The Balaban J connectivity index is 1.06. The highest BCUT2D eigenvalue weighted by atomic mass is 16.3. The normalized spacial score (nSPS) is 11.6. The molecule has 10 aromatic carbocycles. The van der Waals surface area contributed by atoms with Crippen molar-refractivity contribution in [3.8, 4) is 33.4 Å². The second kappa shape index (κ2) is 13.2. The van der Waals surface area contributed by atoms with Gasteiger partial charge >= 0.3 is 0 Å². The molecule has 0 aliphatic rings. The van der Waals surface area contributed by atoms with Crippen molar-refractivity contribution in [2.24, 2.45) is 0 Å². The van der Waals surface area contributed by atoms with Gasteiger partial charge in [-0.3, -0.25) is 0 Å². The number of hydrogen-bond donors (Lipinski definition) is 0. The lowest BCUT2D eigenvalue weighted by Gasteiger charge is -2.28. The summed E-state index contributed by atoms with van der Waals surface area (Å²) in [5, 5.41) is 9.53. The van der Waals surface area contributed by atoms with Crippen LogP contribution < -0.4 is 4.90 Å². The highest BCUT2D eigenvalue weighted by Crippen LogP contribution is 2.44. The molecule has 2 heteroatoms. The zero-order valence-corrected chi connectivity index (χ0v) is 30.6. The molecule has 0 saturated heterocycles. The van der Waals surface area contributed by atoms with E-state index in [0.717, 1.165) is 60.9 Å². The van der Waals surface area contributed by atoms with E-state index in [9.17, 15) is 0 Å². The number of benzene rings is 10. The molecule has 0 radical (unpaired) electrons. The second-order valence-electron chi connectivity index (χ2n) is 14.5. The summed E-state index contributed by atoms with van der Waals surface area (Å²) >= 11 is 0. The van der Waals surface area contributed by atoms with E-state index >= 15 is 0 Å². The molecule has 1 aromatic heterocycles. The molecule has 0 spiro atoms. The van der Waals surface area contributed by atoms with Gasteiger partial charge < -0.3 is 9.32 Å². The van der Waals surface area contributed by atoms with Crippen LogP contribution in [0.15, 0.2) is 217 Å². The van der Waals surface area contributed by atoms with Gasteiger partial charge in [0.1, 0.15) is 11.2 Å². The number of rotatable bonds is 6. The van der Waals surface area contributed by atoms with E-state index < -0.39 is 0 Å². The summed E-state index contributed by atoms with van der Waals surface area (Å²) in [7, 11) is 0. The van der Waals surface area contributed by atoms with Crippen LogP contribution in [-0.4, -0.2) is 0 Å². The van der Waals surface area contributed by atoms with Gasteiger partial charge in [-0.25, -0.2) is 0 Å². The van der Waals surface area contributed by atoms with Gasteiger partial charge in [-0.05, 0) is 109 Å². The molecule has 56 heavy (non-hydrogen) atoms. The summed E-state index contributed by atoms with van der Waals surface area (Å²) in [5.74, 6) is 0. The average Bonchev–Trinajstić information content (AvgIpc) is 3.66. The quantitative estimate of drug-likeness (QED) is 0.171. The third-order valence-corrected chi connectivity index (χ3v) is 11.3. The van der Waals surface area contributed by atoms with Crippen molar-refractivity contribution < 1.29 is 4.42 Å². The van der Waals surface area contributed by atoms with Crippen molar-refractivity contribution in [1.82, 2.24) is 0 Å². The summed E-state index contributed by atoms with van der Waals surface area (Å²) in [6, 6.07) is 76.6. The number of hydrogen-bond acceptors (Lipinski definition) is 2. The van der Waals surface area contributed by atoms with Crippen molar-refractivity contribution in [3.05, 3.63) is 212 Å². The van der Waals surface area contributed by atoms with Crippen LogP contribution in [-0.2, 0) is 0 Å². The molecule has 1 heterocycles. The molecule has 0 aliphatic heterocycles. The SMILES string of the molecule is c1ccc(N(c2ccc(-c3ccc4ccccc4c3)cc2)c2ccc(-c3cccc4ccccc34)cc2)c(-c2ccc3ccc4c5ccccc5oc4c3c2)c1. The van der Waals surface area contributed by atoms with E-state index in [4.69, 9.17) is 4.42 Å². The number of fused-ring (bicyclic) bond motifs is 7. The lowest BCUT2D eigenvalue weighted by molar-refractivity contribution is 0.672. The van der Waals surface area contributed by atoms with E-state index in [2.05, 4.69) is 211 Å². The highest BCUT2D eigenvalue weighted by Gasteiger charge is 2.19. The number of nitrogens with zero attached hydrogens (tertiary/aromatic N) is 1. The molecule has 0 bridgehead atoms. The van der Waals surface area contributed by atoms with Crippen LogP contribution >= 0.6 is 0 Å². The van der Waals surface area contributed by atoms with Crippen molar-refractivity contribution in [2.75, 3.05) is 4.90 Å². The summed E-state index contributed by atoms with van der Waals surface area (Å²) in [6.07, 6.45) is 0. The lowest BCUT2D eigenvalue weighted by atomic mass is 9.96. The molecule has 0 saturated carbocycles. The first kappa shape index (κ1) is 32.0.